The van der Waals surface area contributed by atoms with Crippen molar-refractivity contribution in [2.75, 3.05) is 11.1 Å². The second-order valence-corrected chi connectivity index (χ2v) is 6.49. The van der Waals surface area contributed by atoms with Crippen LogP contribution in [0, 0.1) is 6.57 Å². The SMILES string of the molecule is [C-]#[N+]c1c(N)ncnc1NC(C)c1cc2ncc(Cl)n2nc1-c1ccccc1. The topological polar surface area (TPSA) is 98.4 Å². The normalized spacial score (nSPS) is 11.9. The van der Waals surface area contributed by atoms with Crippen molar-refractivity contribution in [2.45, 2.75) is 13.0 Å². The van der Waals surface area contributed by atoms with E-state index in [1.165, 1.54) is 6.33 Å². The largest absolute Gasteiger partial charge is 0.392 e. The molecular formula is C19H15ClN8. The lowest BCUT2D eigenvalue weighted by atomic mass is 10.0. The molecule has 1 aromatic carbocycles. The number of fused-ring (bicyclic) bond motifs is 1. The summed E-state index contributed by atoms with van der Waals surface area (Å²) in [6, 6.07) is 11.5. The first-order valence-electron chi connectivity index (χ1n) is 8.42. The number of imidazole rings is 1. The lowest BCUT2D eigenvalue weighted by molar-refractivity contribution is 0.842. The Labute approximate surface area is 165 Å². The molecule has 0 fully saturated rings. The van der Waals surface area contributed by atoms with E-state index < -0.39 is 0 Å². The van der Waals surface area contributed by atoms with Crippen LogP contribution in [0.25, 0.3) is 21.7 Å². The Balaban J connectivity index is 1.83. The minimum absolute atomic E-state index is 0.136. The number of benzene rings is 1. The van der Waals surface area contributed by atoms with E-state index >= 15 is 0 Å². The molecule has 8 nitrogen and oxygen atoms in total. The van der Waals surface area contributed by atoms with E-state index in [2.05, 4.69) is 25.1 Å². The highest BCUT2D eigenvalue weighted by Gasteiger charge is 2.19. The van der Waals surface area contributed by atoms with Crippen LogP contribution in [-0.2, 0) is 0 Å². The van der Waals surface area contributed by atoms with Crippen LogP contribution < -0.4 is 11.1 Å². The number of nitrogens with two attached hydrogens (primary N) is 1. The Kier molecular flexibility index (Phi) is 4.51. The van der Waals surface area contributed by atoms with E-state index in [9.17, 15) is 0 Å². The van der Waals surface area contributed by atoms with E-state index in [1.807, 2.05) is 43.3 Å². The molecular weight excluding hydrogens is 376 g/mol. The van der Waals surface area contributed by atoms with E-state index in [4.69, 9.17) is 29.0 Å². The highest BCUT2D eigenvalue weighted by atomic mass is 35.5. The fraction of sp³-hybridized carbons (Fsp3) is 0.105. The number of nitrogens with zero attached hydrogens (tertiary/aromatic N) is 6. The van der Waals surface area contributed by atoms with Crippen LogP contribution in [0.3, 0.4) is 0 Å². The van der Waals surface area contributed by atoms with Crippen LogP contribution in [0.5, 0.6) is 0 Å². The number of rotatable bonds is 4. The Morgan fingerprint density at radius 1 is 1.21 bits per heavy atom. The van der Waals surface area contributed by atoms with Gasteiger partial charge in [-0.2, -0.15) is 5.10 Å². The van der Waals surface area contributed by atoms with Crippen molar-refractivity contribution < 1.29 is 0 Å². The van der Waals surface area contributed by atoms with Crippen molar-refractivity contribution in [1.82, 2.24) is 24.6 Å². The van der Waals surface area contributed by atoms with Crippen molar-refractivity contribution in [2.24, 2.45) is 0 Å². The highest BCUT2D eigenvalue weighted by Crippen LogP contribution is 2.33. The fourth-order valence-corrected chi connectivity index (χ4v) is 3.12. The predicted octanol–water partition coefficient (Wildman–Crippen LogP) is 4.15. The zero-order valence-electron chi connectivity index (χ0n) is 14.8. The summed E-state index contributed by atoms with van der Waals surface area (Å²) in [6.07, 6.45) is 2.88. The maximum absolute atomic E-state index is 7.35. The average Bonchev–Trinajstić information content (AvgIpc) is 3.08. The van der Waals surface area contributed by atoms with Crippen LogP contribution in [0.15, 0.2) is 48.9 Å². The van der Waals surface area contributed by atoms with E-state index in [1.54, 1.807) is 10.7 Å². The first-order valence-corrected chi connectivity index (χ1v) is 8.80. The van der Waals surface area contributed by atoms with Crippen molar-refractivity contribution in [1.29, 1.82) is 0 Å². The van der Waals surface area contributed by atoms with Gasteiger partial charge < -0.3 is 11.1 Å². The smallest absolute Gasteiger partial charge is 0.268 e. The Bertz CT molecular complexity index is 1200. The first-order chi connectivity index (χ1) is 13.6. The van der Waals surface area contributed by atoms with Gasteiger partial charge >= 0.3 is 0 Å². The summed E-state index contributed by atoms with van der Waals surface area (Å²) in [5, 5.41) is 8.37. The molecule has 28 heavy (non-hydrogen) atoms. The van der Waals surface area contributed by atoms with E-state index in [0.29, 0.717) is 16.6 Å². The molecule has 0 radical (unpaired) electrons. The van der Waals surface area contributed by atoms with Gasteiger partial charge in [-0.15, -0.1) is 0 Å². The Hall–Kier alpha value is -3.70. The minimum Gasteiger partial charge on any atom is -0.392 e. The summed E-state index contributed by atoms with van der Waals surface area (Å²) in [5.41, 5.74) is 9.18. The van der Waals surface area contributed by atoms with Crippen molar-refractivity contribution in [3.05, 3.63) is 71.1 Å². The molecule has 0 saturated carbocycles. The first kappa shape index (κ1) is 17.7. The second kappa shape index (κ2) is 7.13. The number of anilines is 2. The number of aromatic nitrogens is 5. The molecule has 3 heterocycles. The number of halogens is 1. The van der Waals surface area contributed by atoms with Crippen molar-refractivity contribution in [3.8, 4) is 11.3 Å². The predicted molar refractivity (Wildman–Crippen MR) is 108 cm³/mol. The maximum atomic E-state index is 7.35. The molecule has 0 aliphatic carbocycles. The van der Waals surface area contributed by atoms with Crippen LogP contribution in [0.2, 0.25) is 5.15 Å². The van der Waals surface area contributed by atoms with Crippen LogP contribution >= 0.6 is 11.6 Å². The third-order valence-electron chi connectivity index (χ3n) is 4.31. The molecule has 1 unspecified atom stereocenters. The fourth-order valence-electron chi connectivity index (χ4n) is 2.94. The molecule has 3 aromatic heterocycles. The third kappa shape index (κ3) is 3.08. The minimum atomic E-state index is -0.238. The van der Waals surface area contributed by atoms with Gasteiger partial charge in [0, 0.05) is 11.1 Å². The van der Waals surface area contributed by atoms with Gasteiger partial charge in [-0.3, -0.25) is 0 Å². The van der Waals surface area contributed by atoms with Gasteiger partial charge in [-0.25, -0.2) is 24.3 Å². The van der Waals surface area contributed by atoms with Gasteiger partial charge in [0.05, 0.1) is 24.5 Å². The Morgan fingerprint density at radius 3 is 2.75 bits per heavy atom. The Morgan fingerprint density at radius 2 is 2.00 bits per heavy atom. The number of nitrogen functional groups attached to an aromatic ring is 1. The number of hydrogen-bond donors (Lipinski definition) is 2. The standard InChI is InChI=1S/C19H15ClN8/c1-11(26-19-17(22-2)18(21)24-10-25-19)13-8-15-23-9-14(20)28(15)27-16(13)12-6-4-3-5-7-12/h3-11H,1H3,(H3,21,24,25,26). The van der Waals surface area contributed by atoms with E-state index in [0.717, 1.165) is 16.8 Å². The van der Waals surface area contributed by atoms with Gasteiger partial charge in [0.2, 0.25) is 0 Å². The molecule has 0 saturated heterocycles. The van der Waals surface area contributed by atoms with Gasteiger partial charge in [-0.1, -0.05) is 41.9 Å². The average molecular weight is 391 g/mol. The van der Waals surface area contributed by atoms with Crippen molar-refractivity contribution >= 4 is 34.6 Å². The quantitative estimate of drug-likeness (QED) is 0.508. The number of hydrogen-bond acceptors (Lipinski definition) is 6. The lowest BCUT2D eigenvalue weighted by Crippen LogP contribution is -2.12. The highest BCUT2D eigenvalue weighted by molar-refractivity contribution is 6.29. The molecule has 3 N–H and O–H groups in total. The molecule has 138 valence electrons. The molecule has 0 aliphatic rings. The van der Waals surface area contributed by atoms with Crippen LogP contribution in [0.1, 0.15) is 18.5 Å². The molecule has 4 aromatic rings. The maximum Gasteiger partial charge on any atom is 0.268 e. The summed E-state index contributed by atoms with van der Waals surface area (Å²) in [4.78, 5) is 15.8. The summed E-state index contributed by atoms with van der Waals surface area (Å²) in [7, 11) is 0. The molecule has 0 spiro atoms. The zero-order valence-corrected chi connectivity index (χ0v) is 15.6. The molecule has 9 heteroatoms. The summed E-state index contributed by atoms with van der Waals surface area (Å²) in [5.74, 6) is 0.506. The van der Waals surface area contributed by atoms with Crippen molar-refractivity contribution in [3.63, 3.8) is 0 Å². The molecule has 1 atom stereocenters. The van der Waals surface area contributed by atoms with Crippen LogP contribution in [0.4, 0.5) is 17.3 Å². The zero-order chi connectivity index (χ0) is 19.7. The van der Waals surface area contributed by atoms with Gasteiger partial charge in [0.15, 0.2) is 10.8 Å². The number of nitrogens with one attached hydrogen (secondary N) is 1. The second-order valence-electron chi connectivity index (χ2n) is 6.10. The van der Waals surface area contributed by atoms with Gasteiger partial charge in [0.1, 0.15) is 18.0 Å². The summed E-state index contributed by atoms with van der Waals surface area (Å²) in [6.45, 7) is 9.30. The summed E-state index contributed by atoms with van der Waals surface area (Å²) < 4.78 is 1.59. The molecule has 4 rings (SSSR count). The molecule has 0 bridgehead atoms. The monoisotopic (exact) mass is 390 g/mol. The van der Waals surface area contributed by atoms with E-state index in [-0.39, 0.29) is 17.5 Å². The van der Waals surface area contributed by atoms with Crippen LogP contribution in [-0.4, -0.2) is 24.6 Å². The van der Waals surface area contributed by atoms with Gasteiger partial charge in [-0.05, 0) is 13.0 Å². The molecule has 0 amide bonds. The van der Waals surface area contributed by atoms with Gasteiger partial charge in [0.25, 0.3) is 5.69 Å². The molecule has 0 aliphatic heterocycles. The third-order valence-corrected chi connectivity index (χ3v) is 4.57. The summed E-state index contributed by atoms with van der Waals surface area (Å²) >= 11 is 6.21. The lowest BCUT2D eigenvalue weighted by Gasteiger charge is -2.19.